The fourth-order valence-electron chi connectivity index (χ4n) is 1.37. The van der Waals surface area contributed by atoms with Gasteiger partial charge in [0.2, 0.25) is 0 Å². The molecule has 0 aromatic heterocycles. The van der Waals surface area contributed by atoms with Crippen molar-refractivity contribution < 1.29 is 19.4 Å². The van der Waals surface area contributed by atoms with Gasteiger partial charge in [-0.15, -0.1) is 0 Å². The highest BCUT2D eigenvalue weighted by atomic mass is 79.9. The minimum atomic E-state index is -0.882. The summed E-state index contributed by atoms with van der Waals surface area (Å²) in [5, 5.41) is 8.96. The van der Waals surface area contributed by atoms with E-state index in [1.54, 1.807) is 19.1 Å². The molecule has 0 saturated carbocycles. The molecule has 0 aliphatic carbocycles. The summed E-state index contributed by atoms with van der Waals surface area (Å²) in [5.41, 5.74) is 0.658. The molecule has 0 radical (unpaired) electrons. The fourth-order valence-corrected chi connectivity index (χ4v) is 2.20. The number of carboxylic acids is 1. The predicted molar refractivity (Wildman–Crippen MR) is 63.3 cm³/mol. The lowest BCUT2D eigenvalue weighted by atomic mass is 10.0. The number of halogens is 1. The van der Waals surface area contributed by atoms with E-state index in [1.165, 1.54) is 14.2 Å². The third-order valence-corrected chi connectivity index (χ3v) is 3.17. The van der Waals surface area contributed by atoms with Gasteiger partial charge in [0.1, 0.15) is 0 Å². The highest BCUT2D eigenvalue weighted by Crippen LogP contribution is 2.40. The van der Waals surface area contributed by atoms with Crippen molar-refractivity contribution in [2.24, 2.45) is 0 Å². The number of rotatable bonds is 4. The zero-order valence-electron chi connectivity index (χ0n) is 9.28. The molecule has 5 heteroatoms. The Labute approximate surface area is 102 Å². The molecule has 1 unspecified atom stereocenters. The zero-order chi connectivity index (χ0) is 12.3. The van der Waals surface area contributed by atoms with E-state index in [1.807, 2.05) is 0 Å². The van der Waals surface area contributed by atoms with Gasteiger partial charge in [0.15, 0.2) is 11.5 Å². The van der Waals surface area contributed by atoms with Crippen LogP contribution in [0, 0.1) is 0 Å². The molecule has 1 atom stereocenters. The molecule has 0 heterocycles. The largest absolute Gasteiger partial charge is 0.493 e. The second kappa shape index (κ2) is 5.21. The molecule has 4 nitrogen and oxygen atoms in total. The summed E-state index contributed by atoms with van der Waals surface area (Å²) in [5.74, 6) is -0.411. The maximum Gasteiger partial charge on any atom is 0.310 e. The molecule has 16 heavy (non-hydrogen) atoms. The van der Waals surface area contributed by atoms with Crippen molar-refractivity contribution in [2.75, 3.05) is 14.2 Å². The summed E-state index contributed by atoms with van der Waals surface area (Å²) < 4.78 is 10.9. The Bertz CT molecular complexity index is 403. The van der Waals surface area contributed by atoms with Crippen LogP contribution in [0.25, 0.3) is 0 Å². The van der Waals surface area contributed by atoms with Gasteiger partial charge >= 0.3 is 5.97 Å². The average Bonchev–Trinajstić information content (AvgIpc) is 2.27. The lowest BCUT2D eigenvalue weighted by Gasteiger charge is -2.15. The Kier molecular flexibility index (Phi) is 4.18. The van der Waals surface area contributed by atoms with Crippen molar-refractivity contribution in [3.63, 3.8) is 0 Å². The van der Waals surface area contributed by atoms with Crippen LogP contribution in [0.3, 0.4) is 0 Å². The Morgan fingerprint density at radius 3 is 2.44 bits per heavy atom. The van der Waals surface area contributed by atoms with Gasteiger partial charge < -0.3 is 14.6 Å². The molecule has 0 fully saturated rings. The third kappa shape index (κ3) is 2.29. The van der Waals surface area contributed by atoms with E-state index in [0.29, 0.717) is 21.5 Å². The van der Waals surface area contributed by atoms with E-state index in [4.69, 9.17) is 14.6 Å². The summed E-state index contributed by atoms with van der Waals surface area (Å²) in [6.45, 7) is 1.62. The monoisotopic (exact) mass is 288 g/mol. The third-order valence-electron chi connectivity index (χ3n) is 2.35. The van der Waals surface area contributed by atoms with Crippen LogP contribution >= 0.6 is 15.9 Å². The summed E-state index contributed by atoms with van der Waals surface area (Å²) in [7, 11) is 3.04. The van der Waals surface area contributed by atoms with E-state index in [9.17, 15) is 4.79 Å². The first-order valence-corrected chi connectivity index (χ1v) is 5.45. The standard InChI is InChI=1S/C11H13BrO4/c1-6(11(13)14)7-4-5-8(15-2)10(16-3)9(7)12/h4-6H,1-3H3,(H,13,14). The Morgan fingerprint density at radius 2 is 2.00 bits per heavy atom. The molecule has 0 bridgehead atoms. The number of methoxy groups -OCH3 is 2. The smallest absolute Gasteiger partial charge is 0.310 e. The first kappa shape index (κ1) is 12.8. The molecule has 88 valence electrons. The molecule has 0 aliphatic rings. The molecule has 1 aromatic carbocycles. The van der Waals surface area contributed by atoms with Gasteiger partial charge in [0.25, 0.3) is 0 Å². The van der Waals surface area contributed by atoms with Crippen molar-refractivity contribution >= 4 is 21.9 Å². The van der Waals surface area contributed by atoms with Crippen LogP contribution in [0.4, 0.5) is 0 Å². The van der Waals surface area contributed by atoms with Crippen molar-refractivity contribution in [2.45, 2.75) is 12.8 Å². The van der Waals surface area contributed by atoms with E-state index in [0.717, 1.165) is 0 Å². The highest BCUT2D eigenvalue weighted by Gasteiger charge is 2.21. The van der Waals surface area contributed by atoms with Gasteiger partial charge in [-0.3, -0.25) is 4.79 Å². The Balaban J connectivity index is 3.29. The second-order valence-electron chi connectivity index (χ2n) is 3.26. The predicted octanol–water partition coefficient (Wildman–Crippen LogP) is 2.65. The quantitative estimate of drug-likeness (QED) is 0.925. The SMILES string of the molecule is COc1ccc(C(C)C(=O)O)c(Br)c1OC. The Hall–Kier alpha value is -1.23. The molecular formula is C11H13BrO4. The van der Waals surface area contributed by atoms with Crippen LogP contribution in [0.5, 0.6) is 11.5 Å². The van der Waals surface area contributed by atoms with Crippen molar-refractivity contribution in [3.05, 3.63) is 22.2 Å². The van der Waals surface area contributed by atoms with Crippen molar-refractivity contribution in [3.8, 4) is 11.5 Å². The summed E-state index contributed by atoms with van der Waals surface area (Å²) in [4.78, 5) is 10.9. The minimum Gasteiger partial charge on any atom is -0.493 e. The van der Waals surface area contributed by atoms with Crippen LogP contribution in [0.1, 0.15) is 18.4 Å². The molecule has 0 spiro atoms. The molecule has 1 rings (SSSR count). The van der Waals surface area contributed by atoms with Gasteiger partial charge in [0.05, 0.1) is 24.6 Å². The summed E-state index contributed by atoms with van der Waals surface area (Å²) in [6, 6.07) is 3.41. The lowest BCUT2D eigenvalue weighted by molar-refractivity contribution is -0.138. The minimum absolute atomic E-state index is 0.508. The molecule has 0 amide bonds. The number of hydrogen-bond donors (Lipinski definition) is 1. The Morgan fingerprint density at radius 1 is 1.38 bits per heavy atom. The number of carboxylic acid groups (broad SMARTS) is 1. The summed E-state index contributed by atoms with van der Waals surface area (Å²) >= 11 is 3.33. The van der Waals surface area contributed by atoms with Crippen LogP contribution in [0.15, 0.2) is 16.6 Å². The van der Waals surface area contributed by atoms with Crippen molar-refractivity contribution in [1.82, 2.24) is 0 Å². The normalized spacial score (nSPS) is 12.0. The van der Waals surface area contributed by atoms with Crippen LogP contribution in [-0.2, 0) is 4.79 Å². The number of aliphatic carboxylic acids is 1. The van der Waals surface area contributed by atoms with Crippen LogP contribution in [0.2, 0.25) is 0 Å². The van der Waals surface area contributed by atoms with Crippen LogP contribution < -0.4 is 9.47 Å². The lowest BCUT2D eigenvalue weighted by Crippen LogP contribution is -2.08. The average molecular weight is 289 g/mol. The molecule has 0 saturated heterocycles. The first-order chi connectivity index (χ1) is 7.52. The topological polar surface area (TPSA) is 55.8 Å². The van der Waals surface area contributed by atoms with Crippen molar-refractivity contribution in [1.29, 1.82) is 0 Å². The van der Waals surface area contributed by atoms with Gasteiger partial charge in [-0.2, -0.15) is 0 Å². The first-order valence-electron chi connectivity index (χ1n) is 4.66. The van der Waals surface area contributed by atoms with E-state index >= 15 is 0 Å². The number of carbonyl (C=O) groups is 1. The van der Waals surface area contributed by atoms with Gasteiger partial charge in [-0.1, -0.05) is 6.07 Å². The van der Waals surface area contributed by atoms with Gasteiger partial charge in [0, 0.05) is 0 Å². The molecule has 0 aliphatic heterocycles. The maximum atomic E-state index is 10.9. The van der Waals surface area contributed by atoms with Gasteiger partial charge in [-0.25, -0.2) is 0 Å². The van der Waals surface area contributed by atoms with E-state index in [-0.39, 0.29) is 0 Å². The molecular weight excluding hydrogens is 276 g/mol. The number of hydrogen-bond acceptors (Lipinski definition) is 3. The molecule has 1 aromatic rings. The second-order valence-corrected chi connectivity index (χ2v) is 4.06. The maximum absolute atomic E-state index is 10.9. The molecule has 1 N–H and O–H groups in total. The fraction of sp³-hybridized carbons (Fsp3) is 0.364. The van der Waals surface area contributed by atoms with E-state index in [2.05, 4.69) is 15.9 Å². The highest BCUT2D eigenvalue weighted by molar-refractivity contribution is 9.10. The van der Waals surface area contributed by atoms with Gasteiger partial charge in [-0.05, 0) is 34.5 Å². The van der Waals surface area contributed by atoms with E-state index < -0.39 is 11.9 Å². The zero-order valence-corrected chi connectivity index (χ0v) is 10.9. The number of benzene rings is 1. The van der Waals surface area contributed by atoms with Crippen LogP contribution in [-0.4, -0.2) is 25.3 Å². The summed E-state index contributed by atoms with van der Waals surface area (Å²) in [6.07, 6.45) is 0. The number of ether oxygens (including phenoxy) is 2.